The van der Waals surface area contributed by atoms with E-state index in [1.807, 2.05) is 0 Å². The van der Waals surface area contributed by atoms with Gasteiger partial charge in [-0.15, -0.1) is 0 Å². The molecule has 2 N–H and O–H groups in total. The van der Waals surface area contributed by atoms with Gasteiger partial charge in [-0.3, -0.25) is 4.21 Å². The number of rotatable bonds is 1. The summed E-state index contributed by atoms with van der Waals surface area (Å²) < 4.78 is 11.1. The van der Waals surface area contributed by atoms with Gasteiger partial charge in [-0.05, 0) is 18.8 Å². The Morgan fingerprint density at radius 1 is 1.50 bits per heavy atom. The molecule has 1 saturated carbocycles. The van der Waals surface area contributed by atoms with Gasteiger partial charge in [0.2, 0.25) is 0 Å². The van der Waals surface area contributed by atoms with Crippen LogP contribution in [0.1, 0.15) is 19.8 Å². The van der Waals surface area contributed by atoms with Crippen molar-refractivity contribution in [1.29, 1.82) is 0 Å². The highest BCUT2D eigenvalue weighted by molar-refractivity contribution is 7.84. The minimum atomic E-state index is -0.672. The van der Waals surface area contributed by atoms with E-state index in [1.165, 1.54) is 0 Å². The van der Waals surface area contributed by atoms with Crippen molar-refractivity contribution in [3.05, 3.63) is 0 Å². The molecular formula is C7H15NOS. The fourth-order valence-electron chi connectivity index (χ4n) is 1.63. The molecule has 1 aliphatic rings. The molecule has 0 saturated heterocycles. The summed E-state index contributed by atoms with van der Waals surface area (Å²) in [6.07, 6.45) is 3.87. The summed E-state index contributed by atoms with van der Waals surface area (Å²) in [5.74, 6) is 0.450. The normalized spacial score (nSPS) is 43.7. The molecule has 10 heavy (non-hydrogen) atoms. The van der Waals surface area contributed by atoms with E-state index in [0.717, 1.165) is 12.8 Å². The highest BCUT2D eigenvalue weighted by Gasteiger charge is 2.32. The smallest absolute Gasteiger partial charge is 0.0386 e. The molecule has 1 fully saturated rings. The molecule has 0 aliphatic heterocycles. The monoisotopic (exact) mass is 161 g/mol. The maximum Gasteiger partial charge on any atom is 0.0386 e. The van der Waals surface area contributed by atoms with Crippen LogP contribution >= 0.6 is 0 Å². The van der Waals surface area contributed by atoms with Crippen LogP contribution in [0.2, 0.25) is 0 Å². The zero-order valence-corrected chi connectivity index (χ0v) is 7.36. The van der Waals surface area contributed by atoms with Crippen LogP contribution in [0.25, 0.3) is 0 Å². The van der Waals surface area contributed by atoms with E-state index in [2.05, 4.69) is 6.92 Å². The van der Waals surface area contributed by atoms with Gasteiger partial charge in [-0.1, -0.05) is 6.92 Å². The maximum absolute atomic E-state index is 11.1. The maximum atomic E-state index is 11.1. The summed E-state index contributed by atoms with van der Waals surface area (Å²) in [6, 6.07) is 0.286. The van der Waals surface area contributed by atoms with Crippen LogP contribution in [0.3, 0.4) is 0 Å². The second kappa shape index (κ2) is 3.01. The van der Waals surface area contributed by atoms with E-state index in [4.69, 9.17) is 5.73 Å². The van der Waals surface area contributed by atoms with Gasteiger partial charge in [0.15, 0.2) is 0 Å². The molecule has 0 aromatic heterocycles. The van der Waals surface area contributed by atoms with Gasteiger partial charge in [-0.25, -0.2) is 0 Å². The molecule has 4 unspecified atom stereocenters. The highest BCUT2D eigenvalue weighted by atomic mass is 32.2. The van der Waals surface area contributed by atoms with Gasteiger partial charge in [0.1, 0.15) is 0 Å². The molecule has 60 valence electrons. The molecule has 0 aromatic carbocycles. The summed E-state index contributed by atoms with van der Waals surface area (Å²) in [5, 5.41) is 0.356. The average molecular weight is 161 g/mol. The van der Waals surface area contributed by atoms with Crippen molar-refractivity contribution in [1.82, 2.24) is 0 Å². The quantitative estimate of drug-likeness (QED) is 0.608. The van der Waals surface area contributed by atoms with Gasteiger partial charge in [0, 0.05) is 28.3 Å². The first-order valence-electron chi connectivity index (χ1n) is 3.70. The standard InChI is InChI=1S/C7H15NOS/c1-5-6(8)3-4-7(5)10(2)9/h5-7H,3-4,8H2,1-2H3. The van der Waals surface area contributed by atoms with E-state index in [-0.39, 0.29) is 6.04 Å². The lowest BCUT2D eigenvalue weighted by molar-refractivity contribution is 0.527. The summed E-state index contributed by atoms with van der Waals surface area (Å²) in [4.78, 5) is 0. The van der Waals surface area contributed by atoms with E-state index in [0.29, 0.717) is 11.2 Å². The molecule has 0 amide bonds. The second-order valence-electron chi connectivity index (χ2n) is 3.14. The highest BCUT2D eigenvalue weighted by Crippen LogP contribution is 2.27. The molecule has 0 heterocycles. The van der Waals surface area contributed by atoms with E-state index in [9.17, 15) is 4.21 Å². The zero-order chi connectivity index (χ0) is 7.72. The zero-order valence-electron chi connectivity index (χ0n) is 6.54. The Labute approximate surface area is 64.6 Å². The molecule has 3 heteroatoms. The molecule has 0 radical (unpaired) electrons. The van der Waals surface area contributed by atoms with E-state index >= 15 is 0 Å². The number of hydrogen-bond donors (Lipinski definition) is 1. The van der Waals surface area contributed by atoms with Crippen LogP contribution in [-0.4, -0.2) is 21.8 Å². The first-order valence-corrected chi connectivity index (χ1v) is 5.33. The average Bonchev–Trinajstić information content (AvgIpc) is 2.14. The molecular weight excluding hydrogens is 146 g/mol. The van der Waals surface area contributed by atoms with Gasteiger partial charge in [0.25, 0.3) is 0 Å². The number of nitrogens with two attached hydrogens (primary N) is 1. The van der Waals surface area contributed by atoms with Crippen molar-refractivity contribution in [2.24, 2.45) is 11.7 Å². The van der Waals surface area contributed by atoms with E-state index < -0.39 is 10.8 Å². The number of hydrogen-bond acceptors (Lipinski definition) is 2. The lowest BCUT2D eigenvalue weighted by Gasteiger charge is -2.14. The predicted molar refractivity (Wildman–Crippen MR) is 44.2 cm³/mol. The van der Waals surface area contributed by atoms with E-state index in [1.54, 1.807) is 6.26 Å². The van der Waals surface area contributed by atoms with Crippen LogP contribution < -0.4 is 5.73 Å². The van der Waals surface area contributed by atoms with Crippen molar-refractivity contribution in [2.45, 2.75) is 31.1 Å². The lowest BCUT2D eigenvalue weighted by atomic mass is 10.1. The van der Waals surface area contributed by atoms with Crippen molar-refractivity contribution < 1.29 is 4.21 Å². The van der Waals surface area contributed by atoms with Gasteiger partial charge < -0.3 is 5.73 Å². The first-order chi connectivity index (χ1) is 4.63. The Morgan fingerprint density at radius 2 is 2.10 bits per heavy atom. The minimum absolute atomic E-state index is 0.286. The Hall–Kier alpha value is 0.110. The fraction of sp³-hybridized carbons (Fsp3) is 1.00. The van der Waals surface area contributed by atoms with Crippen molar-refractivity contribution >= 4 is 10.8 Å². The van der Waals surface area contributed by atoms with Crippen LogP contribution in [-0.2, 0) is 10.8 Å². The SMILES string of the molecule is CC1C(N)CCC1S(C)=O. The van der Waals surface area contributed by atoms with Gasteiger partial charge in [0.05, 0.1) is 0 Å². The second-order valence-corrected chi connectivity index (χ2v) is 4.74. The Bertz CT molecular complexity index is 149. The third kappa shape index (κ3) is 1.40. The first kappa shape index (κ1) is 8.21. The molecule has 0 aromatic rings. The van der Waals surface area contributed by atoms with Crippen LogP contribution in [0.5, 0.6) is 0 Å². The molecule has 1 aliphatic carbocycles. The summed E-state index contributed by atoms with van der Waals surface area (Å²) >= 11 is 0. The Balaban J connectivity index is 2.57. The molecule has 0 bridgehead atoms. The third-order valence-corrected chi connectivity index (χ3v) is 3.99. The van der Waals surface area contributed by atoms with Gasteiger partial charge in [-0.2, -0.15) is 0 Å². The summed E-state index contributed by atoms with van der Waals surface area (Å²) in [7, 11) is -0.672. The van der Waals surface area contributed by atoms with Crippen LogP contribution in [0.4, 0.5) is 0 Å². The third-order valence-electron chi connectivity index (χ3n) is 2.47. The van der Waals surface area contributed by atoms with Crippen molar-refractivity contribution in [3.63, 3.8) is 0 Å². The molecule has 4 atom stereocenters. The Kier molecular flexibility index (Phi) is 2.47. The van der Waals surface area contributed by atoms with Crippen LogP contribution in [0.15, 0.2) is 0 Å². The summed E-state index contributed by atoms with van der Waals surface area (Å²) in [5.41, 5.74) is 5.77. The molecule has 2 nitrogen and oxygen atoms in total. The largest absolute Gasteiger partial charge is 0.327 e. The lowest BCUT2D eigenvalue weighted by Crippen LogP contribution is -2.29. The van der Waals surface area contributed by atoms with Crippen LogP contribution in [0, 0.1) is 5.92 Å². The Morgan fingerprint density at radius 3 is 2.30 bits per heavy atom. The fourth-order valence-corrected chi connectivity index (χ4v) is 2.90. The molecule has 1 rings (SSSR count). The van der Waals surface area contributed by atoms with Crippen molar-refractivity contribution in [2.75, 3.05) is 6.26 Å². The summed E-state index contributed by atoms with van der Waals surface area (Å²) in [6.45, 7) is 2.10. The van der Waals surface area contributed by atoms with Gasteiger partial charge >= 0.3 is 0 Å². The van der Waals surface area contributed by atoms with Crippen molar-refractivity contribution in [3.8, 4) is 0 Å². The topological polar surface area (TPSA) is 43.1 Å². The molecule has 0 spiro atoms. The predicted octanol–water partition coefficient (Wildman–Crippen LogP) is 0.491. The minimum Gasteiger partial charge on any atom is -0.327 e.